The largest absolute Gasteiger partial charge is 0.481 e. The van der Waals surface area contributed by atoms with Crippen LogP contribution >= 0.6 is 0 Å². The number of amides is 1. The van der Waals surface area contributed by atoms with Gasteiger partial charge in [-0.3, -0.25) is 10.1 Å². The van der Waals surface area contributed by atoms with Crippen LogP contribution in [0, 0.1) is 12.8 Å². The minimum absolute atomic E-state index is 0.414. The number of carboxylic acid groups (broad SMARTS) is 1. The lowest BCUT2D eigenvalue weighted by molar-refractivity contribution is -0.140. The monoisotopic (exact) mass is 446 g/mol. The third kappa shape index (κ3) is 4.35. The predicted octanol–water partition coefficient (Wildman–Crippen LogP) is 5.78. The van der Waals surface area contributed by atoms with Gasteiger partial charge in [-0.1, -0.05) is 66.5 Å². The Kier molecular flexibility index (Phi) is 5.40. The molecule has 7 heteroatoms. The second-order valence-corrected chi connectivity index (χ2v) is 9.00. The molecule has 2 aromatic carbocycles. The summed E-state index contributed by atoms with van der Waals surface area (Å²) >= 11 is 0. The van der Waals surface area contributed by atoms with Gasteiger partial charge in [0, 0.05) is 5.56 Å². The Bertz CT molecular complexity index is 1170. The van der Waals surface area contributed by atoms with Crippen LogP contribution in [0.1, 0.15) is 43.4 Å². The van der Waals surface area contributed by atoms with Crippen LogP contribution in [0.2, 0.25) is 0 Å². The number of carbonyl (C=O) groups is 2. The summed E-state index contributed by atoms with van der Waals surface area (Å²) in [4.78, 5) is 23.7. The number of nitrogens with one attached hydrogen (secondary N) is 1. The number of hydrogen-bond acceptors (Lipinski definition) is 5. The number of benzene rings is 2. The fourth-order valence-corrected chi connectivity index (χ4v) is 4.13. The molecule has 2 fully saturated rings. The maximum Gasteiger partial charge on any atom is 0.411 e. The van der Waals surface area contributed by atoms with E-state index < -0.39 is 17.5 Å². The van der Waals surface area contributed by atoms with Gasteiger partial charge < -0.3 is 14.4 Å². The molecule has 2 aliphatic rings. The van der Waals surface area contributed by atoms with E-state index >= 15 is 0 Å². The molecular formula is C26H26N2O5. The molecular weight excluding hydrogens is 420 g/mol. The Morgan fingerprint density at radius 2 is 1.67 bits per heavy atom. The average molecular weight is 447 g/mol. The molecule has 0 unspecified atom stereocenters. The molecule has 7 nitrogen and oxygen atoms in total. The van der Waals surface area contributed by atoms with Gasteiger partial charge in [0.1, 0.15) is 11.4 Å². The molecule has 2 aliphatic carbocycles. The molecule has 2 saturated carbocycles. The maximum absolute atomic E-state index is 12.2. The van der Waals surface area contributed by atoms with Crippen molar-refractivity contribution in [1.82, 2.24) is 5.16 Å². The molecule has 2 N–H and O–H groups in total. The summed E-state index contributed by atoms with van der Waals surface area (Å²) in [6, 6.07) is 15.5. The Morgan fingerprint density at radius 3 is 2.24 bits per heavy atom. The summed E-state index contributed by atoms with van der Waals surface area (Å²) < 4.78 is 10.6. The first-order valence-electron chi connectivity index (χ1n) is 11.3. The Labute approximate surface area is 191 Å². The quantitative estimate of drug-likeness (QED) is 0.455. The van der Waals surface area contributed by atoms with Crippen LogP contribution in [0.25, 0.3) is 22.4 Å². The molecule has 170 valence electrons. The third-order valence-electron chi connectivity index (χ3n) is 6.63. The number of anilines is 1. The highest BCUT2D eigenvalue weighted by atomic mass is 16.5. The van der Waals surface area contributed by atoms with E-state index in [4.69, 9.17) is 9.26 Å². The van der Waals surface area contributed by atoms with E-state index in [1.54, 1.807) is 6.92 Å². The van der Waals surface area contributed by atoms with Gasteiger partial charge in [0.05, 0.1) is 12.0 Å². The maximum atomic E-state index is 12.2. The van der Waals surface area contributed by atoms with Crippen molar-refractivity contribution >= 4 is 17.7 Å². The normalized spacial score (nSPS) is 16.3. The van der Waals surface area contributed by atoms with Crippen molar-refractivity contribution in [3.8, 4) is 22.4 Å². The summed E-state index contributed by atoms with van der Waals surface area (Å²) in [6.07, 6.45) is 4.24. The van der Waals surface area contributed by atoms with Crippen molar-refractivity contribution in [1.29, 1.82) is 0 Å². The van der Waals surface area contributed by atoms with Crippen molar-refractivity contribution in [3.05, 3.63) is 59.9 Å². The van der Waals surface area contributed by atoms with Crippen LogP contribution in [-0.2, 0) is 14.9 Å². The van der Waals surface area contributed by atoms with Gasteiger partial charge in [-0.2, -0.15) is 0 Å². The van der Waals surface area contributed by atoms with Crippen molar-refractivity contribution in [3.63, 3.8) is 0 Å². The van der Waals surface area contributed by atoms with E-state index in [9.17, 15) is 14.7 Å². The van der Waals surface area contributed by atoms with Gasteiger partial charge in [-0.25, -0.2) is 4.79 Å². The van der Waals surface area contributed by atoms with Crippen molar-refractivity contribution in [2.75, 3.05) is 11.9 Å². The van der Waals surface area contributed by atoms with E-state index in [-0.39, 0.29) is 0 Å². The molecule has 1 heterocycles. The van der Waals surface area contributed by atoms with E-state index in [1.165, 1.54) is 12.8 Å². The molecule has 33 heavy (non-hydrogen) atoms. The van der Waals surface area contributed by atoms with Gasteiger partial charge in [0.25, 0.3) is 0 Å². The highest BCUT2D eigenvalue weighted by Crippen LogP contribution is 2.48. The molecule has 5 rings (SSSR count). The Morgan fingerprint density at radius 1 is 1.06 bits per heavy atom. The molecule has 3 aromatic rings. The van der Waals surface area contributed by atoms with Crippen molar-refractivity contribution in [2.45, 2.75) is 44.4 Å². The first-order valence-corrected chi connectivity index (χ1v) is 11.3. The number of carboxylic acids is 1. The topological polar surface area (TPSA) is 102 Å². The van der Waals surface area contributed by atoms with E-state index in [0.717, 1.165) is 28.7 Å². The molecule has 1 aromatic heterocycles. The second kappa shape index (κ2) is 8.39. The molecule has 0 bridgehead atoms. The summed E-state index contributed by atoms with van der Waals surface area (Å²) in [5.41, 5.74) is 4.02. The van der Waals surface area contributed by atoms with Crippen LogP contribution in [0.5, 0.6) is 0 Å². The van der Waals surface area contributed by atoms with Gasteiger partial charge in [-0.05, 0) is 48.8 Å². The van der Waals surface area contributed by atoms with E-state index in [0.29, 0.717) is 42.5 Å². The number of rotatable bonds is 8. The molecule has 0 aliphatic heterocycles. The first kappa shape index (κ1) is 21.2. The fraction of sp³-hybridized carbons (Fsp3) is 0.346. The number of carbonyl (C=O) groups excluding carboxylic acids is 1. The molecule has 0 saturated heterocycles. The number of ether oxygens (including phenoxy) is 1. The lowest BCUT2D eigenvalue weighted by atomic mass is 9.93. The van der Waals surface area contributed by atoms with Crippen LogP contribution < -0.4 is 5.32 Å². The summed E-state index contributed by atoms with van der Waals surface area (Å²) in [5.74, 6) is 0.461. The second-order valence-electron chi connectivity index (χ2n) is 9.00. The van der Waals surface area contributed by atoms with Crippen molar-refractivity contribution in [2.24, 2.45) is 5.92 Å². The lowest BCUT2D eigenvalue weighted by Gasteiger charge is -2.11. The van der Waals surface area contributed by atoms with Crippen LogP contribution in [0.3, 0.4) is 0 Å². The smallest absolute Gasteiger partial charge is 0.411 e. The minimum Gasteiger partial charge on any atom is -0.481 e. The molecule has 0 spiro atoms. The molecule has 1 amide bonds. The van der Waals surface area contributed by atoms with Gasteiger partial charge in [0.15, 0.2) is 5.76 Å². The number of hydrogen-bond donors (Lipinski definition) is 2. The van der Waals surface area contributed by atoms with Crippen LogP contribution in [0.15, 0.2) is 53.1 Å². The number of aliphatic carboxylic acids is 1. The third-order valence-corrected chi connectivity index (χ3v) is 6.63. The van der Waals surface area contributed by atoms with E-state index in [2.05, 4.69) is 10.5 Å². The SMILES string of the molecule is Cc1onc(-c2ccc(-c3ccc(C4(C(=O)O)CC4)cc3)cc2)c1NC(=O)OCCC1CC1. The zero-order valence-corrected chi connectivity index (χ0v) is 18.5. The number of aromatic nitrogens is 1. The summed E-state index contributed by atoms with van der Waals surface area (Å²) in [7, 11) is 0. The molecule has 0 radical (unpaired) electrons. The molecule has 0 atom stereocenters. The summed E-state index contributed by atoms with van der Waals surface area (Å²) in [6.45, 7) is 2.16. The van der Waals surface area contributed by atoms with E-state index in [1.807, 2.05) is 48.5 Å². The first-order chi connectivity index (χ1) is 16.0. The number of nitrogens with zero attached hydrogens (tertiary/aromatic N) is 1. The lowest BCUT2D eigenvalue weighted by Crippen LogP contribution is -2.19. The zero-order valence-electron chi connectivity index (χ0n) is 18.5. The van der Waals surface area contributed by atoms with Crippen LogP contribution in [-0.4, -0.2) is 28.9 Å². The highest BCUT2D eigenvalue weighted by molar-refractivity contribution is 5.91. The van der Waals surface area contributed by atoms with Crippen LogP contribution in [0.4, 0.5) is 10.5 Å². The van der Waals surface area contributed by atoms with Gasteiger partial charge in [-0.15, -0.1) is 0 Å². The fourth-order valence-electron chi connectivity index (χ4n) is 4.13. The summed E-state index contributed by atoms with van der Waals surface area (Å²) in [5, 5.41) is 16.4. The zero-order chi connectivity index (χ0) is 23.0. The predicted molar refractivity (Wildman–Crippen MR) is 123 cm³/mol. The average Bonchev–Trinajstić information content (AvgIpc) is 3.74. The number of aryl methyl sites for hydroxylation is 1. The highest BCUT2D eigenvalue weighted by Gasteiger charge is 2.51. The van der Waals surface area contributed by atoms with Gasteiger partial charge >= 0.3 is 12.1 Å². The minimum atomic E-state index is -0.751. The van der Waals surface area contributed by atoms with Crippen molar-refractivity contribution < 1.29 is 24.0 Å². The van der Waals surface area contributed by atoms with Gasteiger partial charge in [0.2, 0.25) is 0 Å². The standard InChI is InChI=1S/C26H26N2O5/c1-16-22(27-25(31)32-15-12-17-2-3-17)23(28-33-16)20-6-4-18(5-7-20)19-8-10-21(11-9-19)26(13-14-26)24(29)30/h4-11,17H,2-3,12-15H2,1H3,(H,27,31)(H,29,30). The Hall–Kier alpha value is -3.61. The Balaban J connectivity index is 1.29.